The zero-order valence-corrected chi connectivity index (χ0v) is 7.59. The maximum absolute atomic E-state index is 10.5. The molecule has 0 heterocycles. The summed E-state index contributed by atoms with van der Waals surface area (Å²) >= 11 is 0. The molecular formula is C6H11O5S-. The van der Waals surface area contributed by atoms with E-state index in [-0.39, 0.29) is 12.8 Å². The second-order valence-electron chi connectivity index (χ2n) is 2.30. The molecule has 0 aliphatic rings. The largest absolute Gasteiger partial charge is 0.748 e. The fraction of sp³-hybridized carbons (Fsp3) is 0.833. The second-order valence-corrected chi connectivity index (χ2v) is 3.82. The van der Waals surface area contributed by atoms with Gasteiger partial charge in [-0.05, 0) is 12.8 Å². The second kappa shape index (κ2) is 5.10. The van der Waals surface area contributed by atoms with Crippen LogP contribution in [0.15, 0.2) is 0 Å². The molecule has 0 amide bonds. The molecule has 6 heteroatoms. The number of carbonyl (C=O) groups excluding carboxylic acids is 1. The van der Waals surface area contributed by atoms with Crippen LogP contribution in [-0.4, -0.2) is 31.8 Å². The normalized spacial score (nSPS) is 11.2. The van der Waals surface area contributed by atoms with Crippen molar-refractivity contribution in [2.75, 3.05) is 12.9 Å². The summed E-state index contributed by atoms with van der Waals surface area (Å²) in [6, 6.07) is 0. The number of carbonyl (C=O) groups is 1. The van der Waals surface area contributed by atoms with Crippen LogP contribution in [0.5, 0.6) is 0 Å². The highest BCUT2D eigenvalue weighted by Gasteiger charge is 2.00. The SMILES string of the molecule is COC(=O)CCCCS(=O)(=O)[O-]. The van der Waals surface area contributed by atoms with Crippen molar-refractivity contribution >= 4 is 16.1 Å². The van der Waals surface area contributed by atoms with E-state index in [1.165, 1.54) is 7.11 Å². The van der Waals surface area contributed by atoms with Crippen LogP contribution in [0.1, 0.15) is 19.3 Å². The average Bonchev–Trinajstić information content (AvgIpc) is 1.96. The Morgan fingerprint density at radius 3 is 2.42 bits per heavy atom. The Morgan fingerprint density at radius 2 is 2.00 bits per heavy atom. The lowest BCUT2D eigenvalue weighted by Crippen LogP contribution is -2.06. The van der Waals surface area contributed by atoms with E-state index in [0.29, 0.717) is 6.42 Å². The van der Waals surface area contributed by atoms with E-state index in [1.807, 2.05) is 0 Å². The van der Waals surface area contributed by atoms with Crippen LogP contribution in [0.4, 0.5) is 0 Å². The molecule has 0 saturated carbocycles. The first-order valence-electron chi connectivity index (χ1n) is 3.46. The standard InChI is InChI=1S/C6H12O5S/c1-11-6(7)4-2-3-5-12(8,9)10/h2-5H2,1H3,(H,8,9,10)/p-1. The van der Waals surface area contributed by atoms with Crippen LogP contribution in [0.2, 0.25) is 0 Å². The minimum absolute atomic E-state index is 0.159. The molecule has 0 saturated heterocycles. The molecule has 0 fully saturated rings. The lowest BCUT2D eigenvalue weighted by Gasteiger charge is -2.04. The predicted octanol–water partition coefficient (Wildman–Crippen LogP) is -0.125. The minimum atomic E-state index is -4.13. The molecule has 72 valence electrons. The third kappa shape index (κ3) is 7.49. The van der Waals surface area contributed by atoms with E-state index in [2.05, 4.69) is 4.74 Å². The Morgan fingerprint density at radius 1 is 1.42 bits per heavy atom. The van der Waals surface area contributed by atoms with Crippen LogP contribution in [-0.2, 0) is 19.6 Å². The lowest BCUT2D eigenvalue weighted by atomic mass is 10.2. The fourth-order valence-corrected chi connectivity index (χ4v) is 1.21. The molecule has 0 aromatic rings. The highest BCUT2D eigenvalue weighted by molar-refractivity contribution is 7.85. The van der Waals surface area contributed by atoms with Crippen molar-refractivity contribution in [2.45, 2.75) is 19.3 Å². The van der Waals surface area contributed by atoms with Crippen molar-refractivity contribution < 1.29 is 22.5 Å². The first-order valence-corrected chi connectivity index (χ1v) is 5.04. The van der Waals surface area contributed by atoms with Gasteiger partial charge in [0.05, 0.1) is 17.2 Å². The van der Waals surface area contributed by atoms with Crippen molar-refractivity contribution in [1.82, 2.24) is 0 Å². The predicted molar refractivity (Wildman–Crippen MR) is 40.4 cm³/mol. The summed E-state index contributed by atoms with van der Waals surface area (Å²) in [5.74, 6) is -0.803. The molecule has 0 atom stereocenters. The van der Waals surface area contributed by atoms with Gasteiger partial charge in [0, 0.05) is 12.2 Å². The molecule has 0 aliphatic heterocycles. The van der Waals surface area contributed by atoms with Crippen molar-refractivity contribution in [3.05, 3.63) is 0 Å². The van der Waals surface area contributed by atoms with E-state index >= 15 is 0 Å². The first-order chi connectivity index (χ1) is 5.45. The van der Waals surface area contributed by atoms with Crippen molar-refractivity contribution in [3.8, 4) is 0 Å². The summed E-state index contributed by atoms with van der Waals surface area (Å²) in [6.07, 6.45) is 0.737. The van der Waals surface area contributed by atoms with Gasteiger partial charge in [-0.3, -0.25) is 4.79 Å². The van der Waals surface area contributed by atoms with Gasteiger partial charge < -0.3 is 9.29 Å². The smallest absolute Gasteiger partial charge is 0.305 e. The molecular weight excluding hydrogens is 184 g/mol. The van der Waals surface area contributed by atoms with E-state index in [4.69, 9.17) is 0 Å². The highest BCUT2D eigenvalue weighted by atomic mass is 32.2. The van der Waals surface area contributed by atoms with E-state index < -0.39 is 21.8 Å². The van der Waals surface area contributed by atoms with Gasteiger partial charge in [0.1, 0.15) is 0 Å². The van der Waals surface area contributed by atoms with Gasteiger partial charge in [-0.2, -0.15) is 0 Å². The summed E-state index contributed by atoms with van der Waals surface area (Å²) in [4.78, 5) is 10.5. The third-order valence-electron chi connectivity index (χ3n) is 1.25. The monoisotopic (exact) mass is 195 g/mol. The summed E-state index contributed by atoms with van der Waals surface area (Å²) in [5.41, 5.74) is 0. The maximum atomic E-state index is 10.5. The zero-order valence-electron chi connectivity index (χ0n) is 6.78. The topological polar surface area (TPSA) is 83.5 Å². The highest BCUT2D eigenvalue weighted by Crippen LogP contribution is 1.99. The van der Waals surface area contributed by atoms with E-state index in [1.54, 1.807) is 0 Å². The quantitative estimate of drug-likeness (QED) is 0.347. The number of rotatable bonds is 5. The number of unbranched alkanes of at least 4 members (excludes halogenated alkanes) is 1. The van der Waals surface area contributed by atoms with Gasteiger partial charge in [-0.25, -0.2) is 8.42 Å². The molecule has 0 rings (SSSR count). The summed E-state index contributed by atoms with van der Waals surface area (Å²) < 4.78 is 34.5. The van der Waals surface area contributed by atoms with E-state index in [9.17, 15) is 17.8 Å². The summed E-state index contributed by atoms with van der Waals surface area (Å²) in [5, 5.41) is 0. The molecule has 0 spiro atoms. The molecule has 0 N–H and O–H groups in total. The first kappa shape index (κ1) is 11.4. The van der Waals surface area contributed by atoms with E-state index in [0.717, 1.165) is 0 Å². The molecule has 0 aliphatic carbocycles. The number of hydrogen-bond donors (Lipinski definition) is 0. The Hall–Kier alpha value is -0.620. The van der Waals surface area contributed by atoms with Crippen molar-refractivity contribution in [3.63, 3.8) is 0 Å². The third-order valence-corrected chi connectivity index (χ3v) is 2.04. The molecule has 0 unspecified atom stereocenters. The van der Waals surface area contributed by atoms with Crippen molar-refractivity contribution in [2.24, 2.45) is 0 Å². The molecule has 0 radical (unpaired) electrons. The Balaban J connectivity index is 3.40. The van der Waals surface area contributed by atoms with Gasteiger partial charge >= 0.3 is 5.97 Å². The molecule has 0 aromatic carbocycles. The number of methoxy groups -OCH3 is 1. The average molecular weight is 195 g/mol. The lowest BCUT2D eigenvalue weighted by molar-refractivity contribution is -0.140. The summed E-state index contributed by atoms with van der Waals surface area (Å²) in [7, 11) is -2.87. The molecule has 5 nitrogen and oxygen atoms in total. The number of esters is 1. The Bertz CT molecular complexity index is 230. The molecule has 0 aromatic heterocycles. The van der Waals surface area contributed by atoms with Crippen molar-refractivity contribution in [1.29, 1.82) is 0 Å². The van der Waals surface area contributed by atoms with Crippen LogP contribution in [0.25, 0.3) is 0 Å². The number of hydrogen-bond acceptors (Lipinski definition) is 5. The van der Waals surface area contributed by atoms with Crippen LogP contribution in [0.3, 0.4) is 0 Å². The van der Waals surface area contributed by atoms with Gasteiger partial charge in [-0.15, -0.1) is 0 Å². The van der Waals surface area contributed by atoms with Gasteiger partial charge in [0.15, 0.2) is 0 Å². The fourth-order valence-electron chi connectivity index (χ4n) is 0.650. The van der Waals surface area contributed by atoms with Crippen LogP contribution >= 0.6 is 0 Å². The molecule has 12 heavy (non-hydrogen) atoms. The van der Waals surface area contributed by atoms with Crippen LogP contribution < -0.4 is 0 Å². The Kier molecular flexibility index (Phi) is 4.84. The molecule has 0 bridgehead atoms. The van der Waals surface area contributed by atoms with Gasteiger partial charge in [0.2, 0.25) is 0 Å². The maximum Gasteiger partial charge on any atom is 0.305 e. The summed E-state index contributed by atoms with van der Waals surface area (Å²) in [6.45, 7) is 0. The van der Waals surface area contributed by atoms with Gasteiger partial charge in [0.25, 0.3) is 0 Å². The van der Waals surface area contributed by atoms with Crippen LogP contribution in [0, 0.1) is 0 Å². The van der Waals surface area contributed by atoms with Gasteiger partial charge in [-0.1, -0.05) is 0 Å². The zero-order chi connectivity index (χ0) is 9.61. The minimum Gasteiger partial charge on any atom is -0.748 e. The number of ether oxygens (including phenoxy) is 1. The Labute approximate surface area is 71.5 Å².